The summed E-state index contributed by atoms with van der Waals surface area (Å²) < 4.78 is 1.05. The summed E-state index contributed by atoms with van der Waals surface area (Å²) in [5.74, 6) is 0.292. The van der Waals surface area contributed by atoms with Crippen molar-refractivity contribution >= 4 is 27.9 Å². The summed E-state index contributed by atoms with van der Waals surface area (Å²) in [5, 5.41) is 5.31. The fourth-order valence-electron chi connectivity index (χ4n) is 1.52. The third-order valence-electron chi connectivity index (χ3n) is 2.43. The van der Waals surface area contributed by atoms with Gasteiger partial charge in [0.05, 0.1) is 0 Å². The Bertz CT molecular complexity index is 547. The van der Waals surface area contributed by atoms with Crippen LogP contribution >= 0.6 is 15.9 Å². The fraction of sp³-hybridized carbons (Fsp3) is 0.154. The number of rotatable bonds is 4. The monoisotopic (exact) mass is 320 g/mol. The van der Waals surface area contributed by atoms with Gasteiger partial charge in [0, 0.05) is 23.4 Å². The van der Waals surface area contributed by atoms with Crippen LogP contribution in [0.4, 0.5) is 10.7 Å². The summed E-state index contributed by atoms with van der Waals surface area (Å²) >= 11 is 3.47. The van der Waals surface area contributed by atoms with Gasteiger partial charge in [0.15, 0.2) is 0 Å². The molecular formula is C13H13BrN4O. The molecule has 0 unspecified atom stereocenters. The predicted molar refractivity (Wildman–Crippen MR) is 76.9 cm³/mol. The molecule has 6 heteroatoms. The van der Waals surface area contributed by atoms with Crippen molar-refractivity contribution in [2.75, 3.05) is 11.9 Å². The standard InChI is InChI=1S/C13H13BrN4O/c14-11-5-2-1-4-10(11)6-9-17-13(19)18-12-15-7-3-8-16-12/h1-5,7-8H,6,9H2,(H2,15,16,17,18,19). The highest BCUT2D eigenvalue weighted by Gasteiger charge is 2.03. The first-order valence-electron chi connectivity index (χ1n) is 5.81. The minimum Gasteiger partial charge on any atom is -0.337 e. The van der Waals surface area contributed by atoms with Crippen LogP contribution < -0.4 is 10.6 Å². The highest BCUT2D eigenvalue weighted by atomic mass is 79.9. The highest BCUT2D eigenvalue weighted by Crippen LogP contribution is 2.15. The molecule has 0 fully saturated rings. The number of hydrogen-bond acceptors (Lipinski definition) is 3. The summed E-state index contributed by atoms with van der Waals surface area (Å²) in [5.41, 5.74) is 1.15. The Balaban J connectivity index is 1.77. The number of anilines is 1. The van der Waals surface area contributed by atoms with E-state index >= 15 is 0 Å². The van der Waals surface area contributed by atoms with Gasteiger partial charge in [0.1, 0.15) is 0 Å². The van der Waals surface area contributed by atoms with Crippen LogP contribution in [0.15, 0.2) is 47.2 Å². The van der Waals surface area contributed by atoms with Gasteiger partial charge >= 0.3 is 6.03 Å². The average Bonchev–Trinajstić information content (AvgIpc) is 2.42. The Morgan fingerprint density at radius 2 is 1.89 bits per heavy atom. The van der Waals surface area contributed by atoms with Gasteiger partial charge in [-0.25, -0.2) is 14.8 Å². The molecule has 0 spiro atoms. The first-order valence-corrected chi connectivity index (χ1v) is 6.60. The van der Waals surface area contributed by atoms with E-state index < -0.39 is 0 Å². The van der Waals surface area contributed by atoms with E-state index in [-0.39, 0.29) is 6.03 Å². The molecule has 1 aromatic heterocycles. The van der Waals surface area contributed by atoms with Crippen LogP contribution in [0.1, 0.15) is 5.56 Å². The Kier molecular flexibility index (Phi) is 4.85. The van der Waals surface area contributed by atoms with Crippen molar-refractivity contribution in [3.05, 3.63) is 52.8 Å². The van der Waals surface area contributed by atoms with E-state index in [0.717, 1.165) is 16.5 Å². The van der Waals surface area contributed by atoms with E-state index in [2.05, 4.69) is 36.5 Å². The lowest BCUT2D eigenvalue weighted by Crippen LogP contribution is -2.31. The number of amides is 2. The number of carbonyl (C=O) groups is 1. The molecule has 2 N–H and O–H groups in total. The summed E-state index contributed by atoms with van der Waals surface area (Å²) in [4.78, 5) is 19.4. The number of aromatic nitrogens is 2. The lowest BCUT2D eigenvalue weighted by atomic mass is 10.1. The molecule has 19 heavy (non-hydrogen) atoms. The third kappa shape index (κ3) is 4.33. The predicted octanol–water partition coefficient (Wildman–Crippen LogP) is 2.60. The van der Waals surface area contributed by atoms with Crippen molar-refractivity contribution in [2.24, 2.45) is 0 Å². The molecular weight excluding hydrogens is 308 g/mol. The molecule has 5 nitrogen and oxygen atoms in total. The maximum atomic E-state index is 11.6. The van der Waals surface area contributed by atoms with Crippen LogP contribution in [0.3, 0.4) is 0 Å². The normalized spacial score (nSPS) is 9.95. The Morgan fingerprint density at radius 1 is 1.16 bits per heavy atom. The molecule has 0 aliphatic rings. The van der Waals surface area contributed by atoms with Crippen molar-refractivity contribution in [3.63, 3.8) is 0 Å². The van der Waals surface area contributed by atoms with Crippen molar-refractivity contribution in [1.29, 1.82) is 0 Å². The zero-order chi connectivity index (χ0) is 13.5. The van der Waals surface area contributed by atoms with E-state index in [0.29, 0.717) is 12.5 Å². The highest BCUT2D eigenvalue weighted by molar-refractivity contribution is 9.10. The van der Waals surface area contributed by atoms with Crippen molar-refractivity contribution in [2.45, 2.75) is 6.42 Å². The van der Waals surface area contributed by atoms with Gasteiger partial charge in [0.25, 0.3) is 0 Å². The maximum absolute atomic E-state index is 11.6. The summed E-state index contributed by atoms with van der Waals surface area (Å²) in [6, 6.07) is 9.31. The lowest BCUT2D eigenvalue weighted by Gasteiger charge is -2.07. The molecule has 0 bridgehead atoms. The molecule has 1 aromatic carbocycles. The molecule has 0 saturated carbocycles. The second-order valence-corrected chi connectivity index (χ2v) is 4.65. The molecule has 0 aliphatic heterocycles. The van der Waals surface area contributed by atoms with Gasteiger partial charge in [-0.1, -0.05) is 34.1 Å². The zero-order valence-electron chi connectivity index (χ0n) is 10.1. The zero-order valence-corrected chi connectivity index (χ0v) is 11.7. The van der Waals surface area contributed by atoms with Gasteiger partial charge in [-0.05, 0) is 24.1 Å². The van der Waals surface area contributed by atoms with E-state index in [1.807, 2.05) is 24.3 Å². The molecule has 2 rings (SSSR count). The number of hydrogen-bond donors (Lipinski definition) is 2. The first-order chi connectivity index (χ1) is 9.25. The number of carbonyl (C=O) groups excluding carboxylic acids is 1. The van der Waals surface area contributed by atoms with Gasteiger partial charge < -0.3 is 5.32 Å². The molecule has 98 valence electrons. The van der Waals surface area contributed by atoms with E-state index in [4.69, 9.17) is 0 Å². The van der Waals surface area contributed by atoms with Crippen molar-refractivity contribution in [3.8, 4) is 0 Å². The van der Waals surface area contributed by atoms with E-state index in [9.17, 15) is 4.79 Å². The number of benzene rings is 1. The van der Waals surface area contributed by atoms with Crippen LogP contribution in [0.2, 0.25) is 0 Å². The van der Waals surface area contributed by atoms with Crippen LogP contribution in [0.5, 0.6) is 0 Å². The second-order valence-electron chi connectivity index (χ2n) is 3.79. The summed E-state index contributed by atoms with van der Waals surface area (Å²) in [6.07, 6.45) is 3.90. The van der Waals surface area contributed by atoms with Crippen molar-refractivity contribution < 1.29 is 4.79 Å². The van der Waals surface area contributed by atoms with Gasteiger partial charge in [-0.15, -0.1) is 0 Å². The third-order valence-corrected chi connectivity index (χ3v) is 3.20. The Labute approximate surface area is 119 Å². The van der Waals surface area contributed by atoms with Crippen LogP contribution in [0.25, 0.3) is 0 Å². The minimum absolute atomic E-state index is 0.292. The smallest absolute Gasteiger partial charge is 0.321 e. The average molecular weight is 321 g/mol. The Morgan fingerprint density at radius 3 is 2.63 bits per heavy atom. The topological polar surface area (TPSA) is 66.9 Å². The van der Waals surface area contributed by atoms with Gasteiger partial charge in [-0.3, -0.25) is 5.32 Å². The Hall–Kier alpha value is -1.95. The van der Waals surface area contributed by atoms with E-state index in [1.165, 1.54) is 0 Å². The number of nitrogens with zero attached hydrogens (tertiary/aromatic N) is 2. The number of halogens is 1. The molecule has 2 amide bonds. The largest absolute Gasteiger partial charge is 0.337 e. The van der Waals surface area contributed by atoms with Crippen LogP contribution in [-0.2, 0) is 6.42 Å². The maximum Gasteiger partial charge on any atom is 0.321 e. The van der Waals surface area contributed by atoms with Gasteiger partial charge in [-0.2, -0.15) is 0 Å². The van der Waals surface area contributed by atoms with Crippen LogP contribution in [0, 0.1) is 0 Å². The molecule has 0 aliphatic carbocycles. The van der Waals surface area contributed by atoms with E-state index in [1.54, 1.807) is 18.5 Å². The fourth-order valence-corrected chi connectivity index (χ4v) is 2.00. The SMILES string of the molecule is O=C(NCCc1ccccc1Br)Nc1ncccn1. The summed E-state index contributed by atoms with van der Waals surface area (Å²) in [6.45, 7) is 0.543. The molecule has 0 atom stereocenters. The quantitative estimate of drug-likeness (QED) is 0.910. The molecule has 0 radical (unpaired) electrons. The minimum atomic E-state index is -0.307. The number of urea groups is 1. The molecule has 2 aromatic rings. The molecule has 0 saturated heterocycles. The molecule has 1 heterocycles. The van der Waals surface area contributed by atoms with Crippen LogP contribution in [-0.4, -0.2) is 22.5 Å². The van der Waals surface area contributed by atoms with Gasteiger partial charge in [0.2, 0.25) is 5.95 Å². The lowest BCUT2D eigenvalue weighted by molar-refractivity contribution is 0.252. The number of nitrogens with one attached hydrogen (secondary N) is 2. The first kappa shape index (κ1) is 13.5. The summed E-state index contributed by atoms with van der Waals surface area (Å²) in [7, 11) is 0. The van der Waals surface area contributed by atoms with Crippen molar-refractivity contribution in [1.82, 2.24) is 15.3 Å². The second kappa shape index (κ2) is 6.84.